The topological polar surface area (TPSA) is 88.0 Å². The molecule has 6 heteroatoms. The number of aromatic nitrogens is 2. The van der Waals surface area contributed by atoms with Crippen molar-refractivity contribution in [1.82, 2.24) is 9.97 Å². The third-order valence-corrected chi connectivity index (χ3v) is 2.62. The molecule has 0 aliphatic rings. The summed E-state index contributed by atoms with van der Waals surface area (Å²) in [6, 6.07) is 8.16. The number of hydrogen-bond acceptors (Lipinski definition) is 4. The minimum Gasteiger partial charge on any atom is -0.408 e. The largest absolute Gasteiger partial charge is 0.417 e. The van der Waals surface area contributed by atoms with Crippen molar-refractivity contribution in [3.05, 3.63) is 58.8 Å². The number of anilines is 1. The summed E-state index contributed by atoms with van der Waals surface area (Å²) in [5.74, 6) is -0.764. The minimum atomic E-state index is -0.521. The molecular weight excluding hydrogens is 246 g/mol. The Hall–Kier alpha value is -2.89. The van der Waals surface area contributed by atoms with Crippen molar-refractivity contribution in [3.8, 4) is 0 Å². The number of H-pyrrole nitrogens is 1. The lowest BCUT2D eigenvalue weighted by molar-refractivity contribution is 0.102. The van der Waals surface area contributed by atoms with Gasteiger partial charge in [-0.25, -0.2) is 4.79 Å². The number of fused-ring (bicyclic) bond motifs is 1. The fourth-order valence-electron chi connectivity index (χ4n) is 1.74. The first-order valence-electron chi connectivity index (χ1n) is 5.56. The molecule has 0 spiro atoms. The molecule has 0 radical (unpaired) electrons. The molecule has 3 aromatic rings. The number of benzene rings is 1. The Kier molecular flexibility index (Phi) is 2.60. The van der Waals surface area contributed by atoms with E-state index in [2.05, 4.69) is 15.3 Å². The van der Waals surface area contributed by atoms with E-state index in [-0.39, 0.29) is 5.91 Å². The van der Waals surface area contributed by atoms with Crippen molar-refractivity contribution < 1.29 is 9.21 Å². The fraction of sp³-hybridized carbons (Fsp3) is 0. The predicted octanol–water partition coefficient (Wildman–Crippen LogP) is 1.77. The molecule has 1 aromatic carbocycles. The van der Waals surface area contributed by atoms with Gasteiger partial charge in [0.1, 0.15) is 0 Å². The summed E-state index contributed by atoms with van der Waals surface area (Å²) in [5.41, 5.74) is 2.08. The molecule has 0 aliphatic carbocycles. The second-order valence-electron chi connectivity index (χ2n) is 3.92. The zero-order valence-corrected chi connectivity index (χ0v) is 9.71. The van der Waals surface area contributed by atoms with E-state index >= 15 is 0 Å². The first kappa shape index (κ1) is 11.2. The molecule has 19 heavy (non-hydrogen) atoms. The van der Waals surface area contributed by atoms with Crippen molar-refractivity contribution in [1.29, 1.82) is 0 Å². The van der Waals surface area contributed by atoms with Gasteiger partial charge in [-0.15, -0.1) is 0 Å². The van der Waals surface area contributed by atoms with Crippen LogP contribution >= 0.6 is 0 Å². The zero-order chi connectivity index (χ0) is 13.2. The van der Waals surface area contributed by atoms with Crippen molar-refractivity contribution in [2.24, 2.45) is 0 Å². The Morgan fingerprint density at radius 1 is 1.21 bits per heavy atom. The molecule has 0 atom stereocenters. The lowest BCUT2D eigenvalue weighted by atomic mass is 10.2. The van der Waals surface area contributed by atoms with Crippen molar-refractivity contribution >= 4 is 22.7 Å². The molecule has 0 unspecified atom stereocenters. The molecular formula is C13H9N3O3. The smallest absolute Gasteiger partial charge is 0.408 e. The molecule has 2 aromatic heterocycles. The van der Waals surface area contributed by atoms with Crippen LogP contribution in [0.1, 0.15) is 10.4 Å². The molecule has 0 aliphatic heterocycles. The lowest BCUT2D eigenvalue weighted by Gasteiger charge is -2.04. The molecule has 3 rings (SSSR count). The molecule has 94 valence electrons. The van der Waals surface area contributed by atoms with E-state index < -0.39 is 5.76 Å². The van der Waals surface area contributed by atoms with E-state index in [1.807, 2.05) is 0 Å². The molecule has 0 bridgehead atoms. The second kappa shape index (κ2) is 4.41. The zero-order valence-electron chi connectivity index (χ0n) is 9.71. The van der Waals surface area contributed by atoms with Crippen LogP contribution in [0.3, 0.4) is 0 Å². The van der Waals surface area contributed by atoms with Gasteiger partial charge in [-0.2, -0.15) is 0 Å². The highest BCUT2D eigenvalue weighted by Crippen LogP contribution is 2.16. The normalized spacial score (nSPS) is 10.5. The van der Waals surface area contributed by atoms with Gasteiger partial charge < -0.3 is 9.73 Å². The SMILES string of the molecule is O=C(Nc1ccc2oc(=O)[nH]c2c1)c1ccncc1. The maximum absolute atomic E-state index is 11.9. The molecule has 0 saturated heterocycles. The highest BCUT2D eigenvalue weighted by atomic mass is 16.4. The first-order valence-corrected chi connectivity index (χ1v) is 5.56. The number of carbonyl (C=O) groups excluding carboxylic acids is 1. The molecule has 2 heterocycles. The van der Waals surface area contributed by atoms with Gasteiger partial charge in [0, 0.05) is 23.6 Å². The van der Waals surface area contributed by atoms with Gasteiger partial charge >= 0.3 is 5.76 Å². The Balaban J connectivity index is 1.89. The van der Waals surface area contributed by atoms with Gasteiger partial charge in [0.25, 0.3) is 5.91 Å². The summed E-state index contributed by atoms with van der Waals surface area (Å²) < 4.78 is 4.88. The lowest BCUT2D eigenvalue weighted by Crippen LogP contribution is -2.11. The predicted molar refractivity (Wildman–Crippen MR) is 69.0 cm³/mol. The van der Waals surface area contributed by atoms with Crippen LogP contribution in [-0.2, 0) is 0 Å². The monoisotopic (exact) mass is 255 g/mol. The van der Waals surface area contributed by atoms with Crippen LogP contribution in [0.5, 0.6) is 0 Å². The Morgan fingerprint density at radius 3 is 2.79 bits per heavy atom. The van der Waals surface area contributed by atoms with Crippen LogP contribution in [0, 0.1) is 0 Å². The number of oxazole rings is 1. The van der Waals surface area contributed by atoms with Gasteiger partial charge in [-0.1, -0.05) is 0 Å². The van der Waals surface area contributed by atoms with E-state index in [0.717, 1.165) is 0 Å². The molecule has 1 amide bonds. The van der Waals surface area contributed by atoms with Crippen LogP contribution in [0.15, 0.2) is 51.9 Å². The number of pyridine rings is 1. The van der Waals surface area contributed by atoms with Crippen LogP contribution in [0.4, 0.5) is 5.69 Å². The quantitative estimate of drug-likeness (QED) is 0.730. The van der Waals surface area contributed by atoms with E-state index in [0.29, 0.717) is 22.4 Å². The summed E-state index contributed by atoms with van der Waals surface area (Å²) in [4.78, 5) is 29.3. The number of hydrogen-bond donors (Lipinski definition) is 2. The van der Waals surface area contributed by atoms with Gasteiger partial charge in [-0.3, -0.25) is 14.8 Å². The maximum atomic E-state index is 11.9. The highest BCUT2D eigenvalue weighted by Gasteiger charge is 2.07. The van der Waals surface area contributed by atoms with E-state index in [4.69, 9.17) is 4.42 Å². The number of amides is 1. The average Bonchev–Trinajstić information content (AvgIpc) is 2.79. The van der Waals surface area contributed by atoms with Gasteiger partial charge in [-0.05, 0) is 30.3 Å². The number of nitrogens with one attached hydrogen (secondary N) is 2. The van der Waals surface area contributed by atoms with E-state index in [1.165, 1.54) is 0 Å². The first-order chi connectivity index (χ1) is 9.22. The van der Waals surface area contributed by atoms with Crippen LogP contribution < -0.4 is 11.1 Å². The Bertz CT molecular complexity index is 790. The fourth-order valence-corrected chi connectivity index (χ4v) is 1.74. The molecule has 0 saturated carbocycles. The third kappa shape index (κ3) is 2.23. The van der Waals surface area contributed by atoms with Gasteiger partial charge in [0.15, 0.2) is 5.58 Å². The van der Waals surface area contributed by atoms with Crippen LogP contribution in [-0.4, -0.2) is 15.9 Å². The van der Waals surface area contributed by atoms with Crippen molar-refractivity contribution in [2.75, 3.05) is 5.32 Å². The Morgan fingerprint density at radius 2 is 2.00 bits per heavy atom. The summed E-state index contributed by atoms with van der Waals surface area (Å²) in [5, 5.41) is 2.73. The standard InChI is InChI=1S/C13H9N3O3/c17-12(8-3-5-14-6-4-8)15-9-1-2-11-10(7-9)16-13(18)19-11/h1-7H,(H,15,17)(H,16,18). The summed E-state index contributed by atoms with van der Waals surface area (Å²) in [6.45, 7) is 0. The van der Waals surface area contributed by atoms with Gasteiger partial charge in [0.2, 0.25) is 0 Å². The number of nitrogens with zero attached hydrogens (tertiary/aromatic N) is 1. The van der Waals surface area contributed by atoms with Crippen LogP contribution in [0.2, 0.25) is 0 Å². The number of carbonyl (C=O) groups is 1. The highest BCUT2D eigenvalue weighted by molar-refractivity contribution is 6.04. The van der Waals surface area contributed by atoms with Crippen molar-refractivity contribution in [3.63, 3.8) is 0 Å². The van der Waals surface area contributed by atoms with E-state index in [1.54, 1.807) is 42.7 Å². The average molecular weight is 255 g/mol. The summed E-state index contributed by atoms with van der Waals surface area (Å²) >= 11 is 0. The second-order valence-corrected chi connectivity index (χ2v) is 3.92. The summed E-state index contributed by atoms with van der Waals surface area (Å²) in [6.07, 6.45) is 3.09. The van der Waals surface area contributed by atoms with E-state index in [9.17, 15) is 9.59 Å². The van der Waals surface area contributed by atoms with Crippen LogP contribution in [0.25, 0.3) is 11.1 Å². The third-order valence-electron chi connectivity index (χ3n) is 2.62. The molecule has 0 fully saturated rings. The molecule has 6 nitrogen and oxygen atoms in total. The summed E-state index contributed by atoms with van der Waals surface area (Å²) in [7, 11) is 0. The Labute approximate surface area is 107 Å². The number of aromatic amines is 1. The van der Waals surface area contributed by atoms with Crippen molar-refractivity contribution in [2.45, 2.75) is 0 Å². The maximum Gasteiger partial charge on any atom is 0.417 e. The molecule has 2 N–H and O–H groups in total. The number of rotatable bonds is 2. The minimum absolute atomic E-state index is 0.243. The van der Waals surface area contributed by atoms with Gasteiger partial charge in [0.05, 0.1) is 5.52 Å².